The van der Waals surface area contributed by atoms with Crippen LogP contribution in [0.2, 0.25) is 0 Å². The first kappa shape index (κ1) is 22.1. The van der Waals surface area contributed by atoms with Gasteiger partial charge in [0.25, 0.3) is 0 Å². The molecule has 1 saturated heterocycles. The van der Waals surface area contributed by atoms with Gasteiger partial charge in [0.15, 0.2) is 11.8 Å². The van der Waals surface area contributed by atoms with Crippen LogP contribution in [-0.4, -0.2) is 71.6 Å². The highest BCUT2D eigenvalue weighted by molar-refractivity contribution is 14.0. The Morgan fingerprint density at radius 1 is 1.24 bits per heavy atom. The molecule has 0 unspecified atom stereocenters. The second-order valence-electron chi connectivity index (χ2n) is 6.54. The third kappa shape index (κ3) is 7.87. The molecule has 1 fully saturated rings. The fourth-order valence-electron chi connectivity index (χ4n) is 2.37. The molecule has 2 N–H and O–H groups in total. The number of nitrogens with one attached hydrogen (secondary N) is 2. The number of morpholine rings is 1. The van der Waals surface area contributed by atoms with Crippen molar-refractivity contribution in [1.29, 1.82) is 0 Å². The SMILES string of the molecule is Cc1nnc(CN=C(NCCN2CCOCC2)NCC(C)C)n1C.I. The molecule has 0 bridgehead atoms. The molecule has 8 nitrogen and oxygen atoms in total. The molecule has 2 heterocycles. The van der Waals surface area contributed by atoms with E-state index in [4.69, 9.17) is 4.74 Å². The van der Waals surface area contributed by atoms with Crippen molar-refractivity contribution in [1.82, 2.24) is 30.3 Å². The number of nitrogens with zero attached hydrogens (tertiary/aromatic N) is 5. The lowest BCUT2D eigenvalue weighted by molar-refractivity contribution is 0.0389. The van der Waals surface area contributed by atoms with Crippen molar-refractivity contribution in [2.75, 3.05) is 45.9 Å². The fourth-order valence-corrected chi connectivity index (χ4v) is 2.37. The van der Waals surface area contributed by atoms with Gasteiger partial charge < -0.3 is 19.9 Å². The molecule has 0 saturated carbocycles. The van der Waals surface area contributed by atoms with Crippen LogP contribution >= 0.6 is 24.0 Å². The molecule has 0 spiro atoms. The molecule has 2 rings (SSSR count). The van der Waals surface area contributed by atoms with Crippen LogP contribution < -0.4 is 10.6 Å². The Kier molecular flexibility index (Phi) is 10.3. The van der Waals surface area contributed by atoms with Gasteiger partial charge >= 0.3 is 0 Å². The molecule has 1 aliphatic rings. The summed E-state index contributed by atoms with van der Waals surface area (Å²) < 4.78 is 7.35. The number of halogens is 1. The fraction of sp³-hybridized carbons (Fsp3) is 0.812. The van der Waals surface area contributed by atoms with E-state index in [0.717, 1.165) is 63.5 Å². The topological polar surface area (TPSA) is 79.6 Å². The van der Waals surface area contributed by atoms with E-state index in [-0.39, 0.29) is 24.0 Å². The number of rotatable bonds is 7. The Morgan fingerprint density at radius 2 is 1.96 bits per heavy atom. The maximum atomic E-state index is 5.38. The average molecular weight is 465 g/mol. The second kappa shape index (κ2) is 11.6. The largest absolute Gasteiger partial charge is 0.379 e. The minimum atomic E-state index is 0. The summed E-state index contributed by atoms with van der Waals surface area (Å²) in [5.74, 6) is 3.16. The summed E-state index contributed by atoms with van der Waals surface area (Å²) in [6, 6.07) is 0. The quantitative estimate of drug-likeness (QED) is 0.352. The van der Waals surface area contributed by atoms with Crippen LogP contribution in [0.4, 0.5) is 0 Å². The first-order valence-corrected chi connectivity index (χ1v) is 8.73. The van der Waals surface area contributed by atoms with E-state index in [1.165, 1.54) is 0 Å². The molecular formula is C16H32IN7O. The molecule has 9 heteroatoms. The Balaban J connectivity index is 0.00000312. The highest BCUT2D eigenvalue weighted by Crippen LogP contribution is 1.99. The van der Waals surface area contributed by atoms with Crippen molar-refractivity contribution in [3.63, 3.8) is 0 Å². The normalized spacial score (nSPS) is 16.0. The van der Waals surface area contributed by atoms with Crippen molar-refractivity contribution in [2.24, 2.45) is 18.0 Å². The van der Waals surface area contributed by atoms with E-state index < -0.39 is 0 Å². The van der Waals surface area contributed by atoms with E-state index >= 15 is 0 Å². The standard InChI is InChI=1S/C16H31N7O.HI/c1-13(2)11-18-16(17-5-6-23-7-9-24-10-8-23)19-12-15-21-20-14(3)22(15)4;/h13H,5-12H2,1-4H3,(H2,17,18,19);1H. The van der Waals surface area contributed by atoms with Crippen molar-refractivity contribution in [3.05, 3.63) is 11.6 Å². The van der Waals surface area contributed by atoms with Crippen molar-refractivity contribution in [2.45, 2.75) is 27.3 Å². The Morgan fingerprint density at radius 3 is 2.56 bits per heavy atom. The number of aliphatic imine (C=N–C) groups is 1. The lowest BCUT2D eigenvalue weighted by Gasteiger charge is -2.26. The Bertz CT molecular complexity index is 527. The Hall–Kier alpha value is -0.940. The van der Waals surface area contributed by atoms with Gasteiger partial charge in [-0.1, -0.05) is 13.8 Å². The zero-order chi connectivity index (χ0) is 17.4. The second-order valence-corrected chi connectivity index (χ2v) is 6.54. The van der Waals surface area contributed by atoms with E-state index in [1.54, 1.807) is 0 Å². The van der Waals surface area contributed by atoms with Crippen LogP contribution in [0.5, 0.6) is 0 Å². The van der Waals surface area contributed by atoms with E-state index in [0.29, 0.717) is 12.5 Å². The number of aryl methyl sites for hydroxylation is 1. The maximum Gasteiger partial charge on any atom is 0.191 e. The first-order valence-electron chi connectivity index (χ1n) is 8.73. The van der Waals surface area contributed by atoms with Gasteiger partial charge in [-0.15, -0.1) is 34.2 Å². The molecule has 0 atom stereocenters. The summed E-state index contributed by atoms with van der Waals surface area (Å²) in [6.07, 6.45) is 0. The highest BCUT2D eigenvalue weighted by atomic mass is 127. The minimum Gasteiger partial charge on any atom is -0.379 e. The van der Waals surface area contributed by atoms with Gasteiger partial charge in [-0.25, -0.2) is 4.99 Å². The summed E-state index contributed by atoms with van der Waals surface area (Å²) in [5.41, 5.74) is 0. The van der Waals surface area contributed by atoms with E-state index in [1.807, 2.05) is 18.5 Å². The molecule has 1 aromatic rings. The maximum absolute atomic E-state index is 5.38. The van der Waals surface area contributed by atoms with Gasteiger partial charge in [0.05, 0.1) is 13.2 Å². The average Bonchev–Trinajstić information content (AvgIpc) is 2.89. The summed E-state index contributed by atoms with van der Waals surface area (Å²) in [4.78, 5) is 7.06. The van der Waals surface area contributed by atoms with Crippen LogP contribution in [0.1, 0.15) is 25.5 Å². The molecule has 25 heavy (non-hydrogen) atoms. The molecule has 1 aliphatic heterocycles. The Labute approximate surface area is 167 Å². The van der Waals surface area contributed by atoms with Crippen LogP contribution in [0.25, 0.3) is 0 Å². The van der Waals surface area contributed by atoms with E-state index in [9.17, 15) is 0 Å². The summed E-state index contributed by atoms with van der Waals surface area (Å²) in [7, 11) is 1.97. The summed E-state index contributed by atoms with van der Waals surface area (Å²) in [6.45, 7) is 13.3. The van der Waals surface area contributed by atoms with Crippen LogP contribution in [0.15, 0.2) is 4.99 Å². The molecule has 0 aliphatic carbocycles. The van der Waals surface area contributed by atoms with Crippen molar-refractivity contribution >= 4 is 29.9 Å². The minimum absolute atomic E-state index is 0. The van der Waals surface area contributed by atoms with Gasteiger partial charge in [0, 0.05) is 39.8 Å². The molecule has 1 aromatic heterocycles. The third-order valence-electron chi connectivity index (χ3n) is 4.06. The van der Waals surface area contributed by atoms with Crippen LogP contribution in [0, 0.1) is 12.8 Å². The number of ether oxygens (including phenoxy) is 1. The molecule has 144 valence electrons. The van der Waals surface area contributed by atoms with Crippen molar-refractivity contribution < 1.29 is 4.74 Å². The molecule has 0 radical (unpaired) electrons. The molecule has 0 aromatic carbocycles. The summed E-state index contributed by atoms with van der Waals surface area (Å²) >= 11 is 0. The van der Waals surface area contributed by atoms with Gasteiger partial charge in [-0.05, 0) is 12.8 Å². The first-order chi connectivity index (χ1) is 11.6. The van der Waals surface area contributed by atoms with E-state index in [2.05, 4.69) is 44.6 Å². The predicted molar refractivity (Wildman–Crippen MR) is 110 cm³/mol. The predicted octanol–water partition coefficient (Wildman–Crippen LogP) is 0.765. The van der Waals surface area contributed by atoms with Crippen LogP contribution in [0.3, 0.4) is 0 Å². The zero-order valence-electron chi connectivity index (χ0n) is 15.8. The van der Waals surface area contributed by atoms with Gasteiger partial charge in [0.2, 0.25) is 0 Å². The molecule has 0 amide bonds. The van der Waals surface area contributed by atoms with Crippen LogP contribution in [-0.2, 0) is 18.3 Å². The van der Waals surface area contributed by atoms with Gasteiger partial charge in [-0.3, -0.25) is 4.90 Å². The van der Waals surface area contributed by atoms with Gasteiger partial charge in [0.1, 0.15) is 12.4 Å². The third-order valence-corrected chi connectivity index (χ3v) is 4.06. The zero-order valence-corrected chi connectivity index (χ0v) is 18.1. The van der Waals surface area contributed by atoms with Gasteiger partial charge in [-0.2, -0.15) is 0 Å². The lowest BCUT2D eigenvalue weighted by Crippen LogP contribution is -2.45. The van der Waals surface area contributed by atoms with Crippen molar-refractivity contribution in [3.8, 4) is 0 Å². The highest BCUT2D eigenvalue weighted by Gasteiger charge is 2.10. The number of hydrogen-bond donors (Lipinski definition) is 2. The molecular weight excluding hydrogens is 433 g/mol. The number of aromatic nitrogens is 3. The number of hydrogen-bond acceptors (Lipinski definition) is 5. The lowest BCUT2D eigenvalue weighted by atomic mass is 10.2. The monoisotopic (exact) mass is 465 g/mol. The summed E-state index contributed by atoms with van der Waals surface area (Å²) in [5, 5.41) is 15.1. The smallest absolute Gasteiger partial charge is 0.191 e. The number of guanidine groups is 1.